The van der Waals surface area contributed by atoms with Crippen LogP contribution in [0, 0.1) is 0 Å². The Balaban J connectivity index is 1.70. The van der Waals surface area contributed by atoms with Crippen LogP contribution in [0.3, 0.4) is 0 Å². The molecule has 2 aromatic rings. The smallest absolute Gasteiger partial charge is 0.118 e. The molecule has 1 atom stereocenters. The second kappa shape index (κ2) is 6.97. The van der Waals surface area contributed by atoms with Crippen LogP contribution in [-0.2, 0) is 11.5 Å². The van der Waals surface area contributed by atoms with Gasteiger partial charge in [0.25, 0.3) is 0 Å². The molecule has 0 N–H and O–H groups in total. The molecule has 0 heterocycles. The average molecular weight is 239 g/mol. The molecule has 0 aliphatic rings. The van der Waals surface area contributed by atoms with Crippen LogP contribution in [0.15, 0.2) is 60.7 Å². The fourth-order valence-electron chi connectivity index (χ4n) is 2.14. The van der Waals surface area contributed by atoms with E-state index in [2.05, 4.69) is 24.3 Å². The molecule has 0 fully saturated rings. The second-order valence-electron chi connectivity index (χ2n) is 4.63. The highest BCUT2D eigenvalue weighted by atomic mass is 16.3. The maximum Gasteiger partial charge on any atom is 0.118 e. The molecule has 0 saturated carbocycles. The minimum absolute atomic E-state index is 0.568. The number of rotatable bonds is 6. The van der Waals surface area contributed by atoms with Gasteiger partial charge in [0.15, 0.2) is 0 Å². The molecule has 93 valence electrons. The van der Waals surface area contributed by atoms with Gasteiger partial charge >= 0.3 is 0 Å². The summed E-state index contributed by atoms with van der Waals surface area (Å²) in [6.07, 6.45) is 3.33. The van der Waals surface area contributed by atoms with Crippen molar-refractivity contribution in [3.05, 3.63) is 71.8 Å². The zero-order chi connectivity index (χ0) is 12.6. The van der Waals surface area contributed by atoms with Gasteiger partial charge in [0.05, 0.1) is 0 Å². The molecule has 2 rings (SSSR count). The lowest BCUT2D eigenvalue weighted by Crippen LogP contribution is -1.96. The first-order valence-corrected chi connectivity index (χ1v) is 6.61. The zero-order valence-corrected chi connectivity index (χ0v) is 10.6. The van der Waals surface area contributed by atoms with E-state index in [0.29, 0.717) is 0 Å². The number of aryl methyl sites for hydroxylation is 1. The van der Waals surface area contributed by atoms with E-state index in [4.69, 9.17) is 0 Å². The predicted octanol–water partition coefficient (Wildman–Crippen LogP) is 4.57. The van der Waals surface area contributed by atoms with Crippen molar-refractivity contribution < 1.29 is 5.11 Å². The molecule has 1 nitrogen and oxygen atoms in total. The summed E-state index contributed by atoms with van der Waals surface area (Å²) in [5.74, 6) is 0. The van der Waals surface area contributed by atoms with E-state index in [1.165, 1.54) is 5.56 Å². The molecular formula is C17H19O. The Kier molecular flexibility index (Phi) is 4.98. The summed E-state index contributed by atoms with van der Waals surface area (Å²) in [5, 5.41) is 11.9. The van der Waals surface area contributed by atoms with Crippen LogP contribution in [0.2, 0.25) is 0 Å². The average Bonchev–Trinajstić information content (AvgIpc) is 2.45. The fraction of sp³-hybridized carbons (Fsp3) is 0.294. The van der Waals surface area contributed by atoms with Gasteiger partial charge in [-0.25, -0.2) is 5.11 Å². The topological polar surface area (TPSA) is 19.9 Å². The van der Waals surface area contributed by atoms with Crippen LogP contribution in [0.4, 0.5) is 0 Å². The molecule has 0 saturated heterocycles. The standard InChI is InChI=1S/C17H19O/c18-17(16-12-5-2-6-13-16)14-8-7-11-15-9-3-1-4-10-15/h1-6,9-10,12-13,17H,7-8,11,14H2. The van der Waals surface area contributed by atoms with E-state index in [0.717, 1.165) is 31.2 Å². The van der Waals surface area contributed by atoms with E-state index < -0.39 is 6.10 Å². The minimum Gasteiger partial charge on any atom is -0.228 e. The summed E-state index contributed by atoms with van der Waals surface area (Å²) < 4.78 is 0. The van der Waals surface area contributed by atoms with Crippen molar-refractivity contribution in [3.8, 4) is 0 Å². The van der Waals surface area contributed by atoms with E-state index >= 15 is 0 Å². The van der Waals surface area contributed by atoms with Gasteiger partial charge in [-0.15, -0.1) is 0 Å². The second-order valence-corrected chi connectivity index (χ2v) is 4.63. The molecule has 1 radical (unpaired) electrons. The Labute approximate surface area is 109 Å². The van der Waals surface area contributed by atoms with Crippen molar-refractivity contribution in [1.29, 1.82) is 0 Å². The number of benzene rings is 2. The summed E-state index contributed by atoms with van der Waals surface area (Å²) in [6.45, 7) is 0. The highest BCUT2D eigenvalue weighted by Gasteiger charge is 2.07. The molecular weight excluding hydrogens is 220 g/mol. The van der Waals surface area contributed by atoms with Gasteiger partial charge < -0.3 is 0 Å². The summed E-state index contributed by atoms with van der Waals surface area (Å²) in [6, 6.07) is 20.1. The molecule has 0 bridgehead atoms. The third-order valence-corrected chi connectivity index (χ3v) is 3.20. The van der Waals surface area contributed by atoms with Gasteiger partial charge in [0.1, 0.15) is 6.10 Å². The van der Waals surface area contributed by atoms with Crippen LogP contribution in [-0.4, -0.2) is 0 Å². The SMILES string of the molecule is [O]C(CCCCc1ccccc1)c1ccccc1. The van der Waals surface area contributed by atoms with Crippen molar-refractivity contribution in [1.82, 2.24) is 0 Å². The van der Waals surface area contributed by atoms with Gasteiger partial charge in [-0.1, -0.05) is 67.1 Å². The van der Waals surface area contributed by atoms with E-state index in [1.54, 1.807) is 0 Å². The summed E-state index contributed by atoms with van der Waals surface area (Å²) in [4.78, 5) is 0. The number of hydrogen-bond donors (Lipinski definition) is 0. The Morgan fingerprint density at radius 3 is 2.06 bits per heavy atom. The third kappa shape index (κ3) is 4.01. The molecule has 2 aromatic carbocycles. The van der Waals surface area contributed by atoms with Crippen LogP contribution in [0.25, 0.3) is 0 Å². The zero-order valence-electron chi connectivity index (χ0n) is 10.6. The number of unbranched alkanes of at least 4 members (excludes halogenated alkanes) is 1. The van der Waals surface area contributed by atoms with Crippen LogP contribution < -0.4 is 0 Å². The summed E-state index contributed by atoms with van der Waals surface area (Å²) in [5.41, 5.74) is 2.27. The lowest BCUT2D eigenvalue weighted by Gasteiger charge is -2.08. The van der Waals surface area contributed by atoms with Crippen LogP contribution in [0.5, 0.6) is 0 Å². The van der Waals surface area contributed by atoms with Crippen LogP contribution >= 0.6 is 0 Å². The number of hydrogen-bond acceptors (Lipinski definition) is 0. The molecule has 0 aliphatic carbocycles. The van der Waals surface area contributed by atoms with Crippen molar-refractivity contribution in [2.24, 2.45) is 0 Å². The van der Waals surface area contributed by atoms with Crippen molar-refractivity contribution in [2.75, 3.05) is 0 Å². The predicted molar refractivity (Wildman–Crippen MR) is 73.9 cm³/mol. The first kappa shape index (κ1) is 12.8. The normalized spacial score (nSPS) is 12.3. The lowest BCUT2D eigenvalue weighted by molar-refractivity contribution is 0.0788. The van der Waals surface area contributed by atoms with Gasteiger partial charge in [0.2, 0.25) is 0 Å². The summed E-state index contributed by atoms with van der Waals surface area (Å²) >= 11 is 0. The van der Waals surface area contributed by atoms with Gasteiger partial charge in [-0.2, -0.15) is 0 Å². The Morgan fingerprint density at radius 1 is 0.778 bits per heavy atom. The Bertz CT molecular complexity index is 436. The first-order valence-electron chi connectivity index (χ1n) is 6.61. The quantitative estimate of drug-likeness (QED) is 0.658. The minimum atomic E-state index is -0.568. The maximum atomic E-state index is 11.9. The van der Waals surface area contributed by atoms with Gasteiger partial charge in [-0.05, 0) is 30.4 Å². The van der Waals surface area contributed by atoms with Gasteiger partial charge in [0, 0.05) is 0 Å². The van der Waals surface area contributed by atoms with Crippen LogP contribution in [0.1, 0.15) is 36.5 Å². The third-order valence-electron chi connectivity index (χ3n) is 3.20. The largest absolute Gasteiger partial charge is 0.228 e. The monoisotopic (exact) mass is 239 g/mol. The molecule has 1 heteroatoms. The van der Waals surface area contributed by atoms with E-state index in [1.807, 2.05) is 36.4 Å². The fourth-order valence-corrected chi connectivity index (χ4v) is 2.14. The molecule has 18 heavy (non-hydrogen) atoms. The van der Waals surface area contributed by atoms with E-state index in [9.17, 15) is 5.11 Å². The Hall–Kier alpha value is -1.60. The van der Waals surface area contributed by atoms with Gasteiger partial charge in [-0.3, -0.25) is 0 Å². The highest BCUT2D eigenvalue weighted by molar-refractivity contribution is 5.17. The van der Waals surface area contributed by atoms with E-state index in [-0.39, 0.29) is 0 Å². The molecule has 0 spiro atoms. The maximum absolute atomic E-state index is 11.9. The van der Waals surface area contributed by atoms with Crippen molar-refractivity contribution in [3.63, 3.8) is 0 Å². The molecule has 0 aliphatic heterocycles. The molecule has 0 amide bonds. The Morgan fingerprint density at radius 2 is 1.39 bits per heavy atom. The molecule has 1 unspecified atom stereocenters. The summed E-state index contributed by atoms with van der Waals surface area (Å²) in [7, 11) is 0. The highest BCUT2D eigenvalue weighted by Crippen LogP contribution is 2.20. The molecule has 0 aromatic heterocycles. The first-order chi connectivity index (χ1) is 8.86. The van der Waals surface area contributed by atoms with Crippen molar-refractivity contribution in [2.45, 2.75) is 31.8 Å². The lowest BCUT2D eigenvalue weighted by atomic mass is 10.0. The van der Waals surface area contributed by atoms with Crippen molar-refractivity contribution >= 4 is 0 Å².